The number of carbonyl (C=O) groups excluding carboxylic acids is 4. The molecule has 3 aliphatic heterocycles. The number of benzene rings is 1. The number of allylic oxidation sites excluding steroid dienone is 5. The number of piperidine rings is 1. The van der Waals surface area contributed by atoms with Crippen LogP contribution >= 0.6 is 0 Å². The van der Waals surface area contributed by atoms with E-state index in [2.05, 4.69) is 43.4 Å². The number of nitrogen functional groups attached to an aromatic ring is 1. The number of aliphatic hydroxyl groups excluding tert-OH is 3. The van der Waals surface area contributed by atoms with Gasteiger partial charge >= 0.3 is 5.97 Å². The molecule has 0 radical (unpaired) electrons. The van der Waals surface area contributed by atoms with Crippen LogP contribution in [0.3, 0.4) is 0 Å². The summed E-state index contributed by atoms with van der Waals surface area (Å²) in [6.07, 6.45) is 17.2. The molecule has 0 spiro atoms. The van der Waals surface area contributed by atoms with Gasteiger partial charge in [0.05, 0.1) is 139 Å². The van der Waals surface area contributed by atoms with Crippen LogP contribution in [-0.4, -0.2) is 267 Å². The summed E-state index contributed by atoms with van der Waals surface area (Å²) in [5.74, 6) is -6.50. The van der Waals surface area contributed by atoms with Gasteiger partial charge in [0.15, 0.2) is 12.3 Å². The third-order valence-electron chi connectivity index (χ3n) is 23.3. The fourth-order valence-electron chi connectivity index (χ4n) is 16.2. The molecule has 4 aliphatic rings. The summed E-state index contributed by atoms with van der Waals surface area (Å²) in [6, 6.07) is 5.89. The van der Waals surface area contributed by atoms with Crippen LogP contribution in [-0.2, 0) is 95.8 Å². The van der Waals surface area contributed by atoms with Crippen LogP contribution in [0.25, 0.3) is 33.3 Å². The molecule has 119 heavy (non-hydrogen) atoms. The van der Waals surface area contributed by atoms with Crippen LogP contribution in [0.4, 0.5) is 5.82 Å². The zero-order chi connectivity index (χ0) is 85.4. The first-order valence-corrected chi connectivity index (χ1v) is 42.5. The molecule has 8 N–H and O–H groups in total. The number of carbonyl (C=O) groups is 4. The van der Waals surface area contributed by atoms with Crippen molar-refractivity contribution >= 4 is 56.9 Å². The number of hydrogen-bond acceptors (Lipinski definition) is 28. The van der Waals surface area contributed by atoms with Crippen molar-refractivity contribution < 1.29 is 102 Å². The second-order valence-corrected chi connectivity index (χ2v) is 32.4. The Hall–Kier alpha value is -7.80. The highest BCUT2D eigenvalue weighted by Crippen LogP contribution is 2.39. The van der Waals surface area contributed by atoms with Crippen molar-refractivity contribution in [2.45, 2.75) is 238 Å². The summed E-state index contributed by atoms with van der Waals surface area (Å²) in [6.45, 7) is 18.8. The second-order valence-electron chi connectivity index (χ2n) is 32.4. The lowest BCUT2D eigenvalue weighted by molar-refractivity contribution is -0.265. The molecule has 9 rings (SSSR count). The number of H-pyrrole nitrogens is 1. The van der Waals surface area contributed by atoms with Gasteiger partial charge in [0, 0.05) is 88.8 Å². The van der Waals surface area contributed by atoms with Crippen molar-refractivity contribution in [2.24, 2.45) is 40.7 Å². The maximum Gasteiger partial charge on any atom is 0.329 e. The number of aryl methyl sites for hydroxylation is 1. The number of nitrogens with two attached hydrogens (primary N) is 1. The van der Waals surface area contributed by atoms with E-state index in [4.69, 9.17) is 67.8 Å². The average Bonchev–Trinajstić information content (AvgIpc) is 1.69. The number of phenols is 1. The number of nitrogens with zero attached hydrogens (tertiary/aromatic N) is 9. The number of aromatic hydroxyl groups is 1. The molecule has 1 saturated carbocycles. The van der Waals surface area contributed by atoms with Gasteiger partial charge in [-0.15, -0.1) is 5.10 Å². The van der Waals surface area contributed by atoms with Crippen molar-refractivity contribution in [1.29, 1.82) is 0 Å². The Morgan fingerprint density at radius 1 is 0.756 bits per heavy atom. The van der Waals surface area contributed by atoms with E-state index in [1.165, 1.54) is 18.3 Å². The molecule has 2 saturated heterocycles. The standard InChI is InChI=1S/C87H131N11O21/c1-56-19-13-11-14-20-57(2)74(108-8)51-68-26-23-62(7)87(107,119-68)82(104)85(105)97-30-18-16-22-71(97)86(106)118-75(59(4)47-63-24-28-72(101)76(48-63)109-9)52-73(102)58(3)46-61(6)80(103)81(110-10)78(60(5)45-56)94-117-54-65-53-96(95-92-65)32-34-112-36-38-114-40-42-116-44-43-115-41-39-113-37-35-111-33-29-66(99)21-15-12-17-31-98-84-77(83(88)89-55-90-84)79(93-98)70-50-64-49-67(100)25-27-69(64)91-70/h11,13-14,19-20,25,27,46,49-50,53,55-56,58-60,62-63,68,71-76,80-81,91,100-103,107H,12,15-18,21-24,26,28-45,47-48,51-52,54H2,1-10H3,(H2,88,89,90)/b14-11+,19-13+,57-20+,61-46+,94-78?/t56-,58-,59-,60-,62-,63+,68+,71+,72-,73-,74+,75+,76-,80-,81+,87-/m1/s1. The van der Waals surface area contributed by atoms with Crippen LogP contribution in [0.5, 0.6) is 5.75 Å². The minimum atomic E-state index is -2.45. The maximum atomic E-state index is 14.7. The number of phenolic OH excluding ortho intramolecular Hbond substituents is 1. The van der Waals surface area contributed by atoms with Gasteiger partial charge in [-0.3, -0.25) is 14.4 Å². The van der Waals surface area contributed by atoms with Gasteiger partial charge in [-0.2, -0.15) is 5.10 Å². The molecule has 5 aromatic rings. The minimum Gasteiger partial charge on any atom is -0.508 e. The van der Waals surface area contributed by atoms with Crippen LogP contribution < -0.4 is 5.73 Å². The predicted octanol–water partition coefficient (Wildman–Crippen LogP) is 9.46. The highest BCUT2D eigenvalue weighted by atomic mass is 16.6. The number of amides is 1. The molecular weight excluding hydrogens is 1540 g/mol. The van der Waals surface area contributed by atoms with Crippen molar-refractivity contribution in [2.75, 3.05) is 113 Å². The van der Waals surface area contributed by atoms with Crippen molar-refractivity contribution in [1.82, 2.24) is 44.6 Å². The SMILES string of the molecule is CO[C@H]1C[C@@H]2CC[C@@H](C)[C@@](O)(O2)C(=O)C(=O)N2CCCC[C@H]2C(=O)O[C@H]([C@H](C)C[C@@H]2CC[C@@H](O)[C@H](OC)C2)C[C@@H](O)[C@H](C)/C=C(\C)[C@@H](O)[C@@H](OC)C(=NOCc2cn(CCOCCOCCOCCOCCOCCOCCC(=O)CCCCCn3nc(-c4cc5cc(O)ccc5[nH]4)c4c(N)ncnc43)nn2)[C@H](C)C[C@H](C)/C=C/C=C/C=C/1C. The number of unbranched alkanes of at least 4 members (excludes halogenated alkanes) is 2. The zero-order valence-corrected chi connectivity index (χ0v) is 71.3. The Bertz CT molecular complexity index is 4120. The molecule has 1 amide bonds. The number of anilines is 1. The first kappa shape index (κ1) is 95.0. The minimum absolute atomic E-state index is 0.00607. The smallest absolute Gasteiger partial charge is 0.329 e. The Kier molecular flexibility index (Phi) is 38.9. The normalized spacial score (nSPS) is 28.5. The lowest BCUT2D eigenvalue weighted by atomic mass is 9.78. The molecule has 0 unspecified atom stereocenters. The zero-order valence-electron chi connectivity index (χ0n) is 71.3. The number of aliphatic hydroxyl groups is 4. The number of aromatic nitrogens is 8. The van der Waals surface area contributed by atoms with Gasteiger partial charge < -0.3 is 98.1 Å². The first-order valence-electron chi connectivity index (χ1n) is 42.5. The van der Waals surface area contributed by atoms with Crippen molar-refractivity contribution in [3.63, 3.8) is 0 Å². The molecule has 3 fully saturated rings. The lowest BCUT2D eigenvalue weighted by Crippen LogP contribution is -2.61. The van der Waals surface area contributed by atoms with Gasteiger partial charge in [-0.1, -0.05) is 87.9 Å². The number of aromatic amines is 1. The van der Waals surface area contributed by atoms with Gasteiger partial charge in [0.1, 0.15) is 59.4 Å². The van der Waals surface area contributed by atoms with E-state index >= 15 is 0 Å². The molecule has 660 valence electrons. The maximum absolute atomic E-state index is 14.7. The molecule has 2 bridgehead atoms. The van der Waals surface area contributed by atoms with E-state index in [0.29, 0.717) is 203 Å². The number of rotatable bonds is 37. The summed E-state index contributed by atoms with van der Waals surface area (Å²) >= 11 is 0. The number of nitrogens with one attached hydrogen (secondary N) is 1. The summed E-state index contributed by atoms with van der Waals surface area (Å²) in [4.78, 5) is 75.6. The fraction of sp³-hybridized carbons (Fsp3) is 0.678. The monoisotopic (exact) mass is 1670 g/mol. The van der Waals surface area contributed by atoms with Crippen molar-refractivity contribution in [3.05, 3.63) is 90.1 Å². The van der Waals surface area contributed by atoms with Crippen molar-refractivity contribution in [3.8, 4) is 17.1 Å². The van der Waals surface area contributed by atoms with Gasteiger partial charge in [-0.25, -0.2) is 24.1 Å². The molecular formula is C87H131N11O21. The molecule has 32 nitrogen and oxygen atoms in total. The predicted molar refractivity (Wildman–Crippen MR) is 445 cm³/mol. The second kappa shape index (κ2) is 48.7. The average molecular weight is 1670 g/mol. The number of methoxy groups -OCH3 is 3. The summed E-state index contributed by atoms with van der Waals surface area (Å²) < 4.78 is 67.9. The van der Waals surface area contributed by atoms with Crippen LogP contribution in [0, 0.1) is 35.5 Å². The number of fused-ring (bicyclic) bond motifs is 5. The number of ketones is 2. The summed E-state index contributed by atoms with van der Waals surface area (Å²) in [5, 5.41) is 76.9. The molecule has 32 heteroatoms. The van der Waals surface area contributed by atoms with Gasteiger partial charge in [0.2, 0.25) is 5.79 Å². The number of ether oxygens (including phenoxy) is 11. The van der Waals surface area contributed by atoms with Gasteiger partial charge in [0.25, 0.3) is 11.7 Å². The lowest BCUT2D eigenvalue weighted by Gasteiger charge is -2.43. The Labute approximate surface area is 698 Å². The van der Waals surface area contributed by atoms with E-state index in [-0.39, 0.29) is 67.3 Å². The number of Topliss-reactive ketones (excluding diaryl/α,β-unsaturated/α-hetero) is 2. The Morgan fingerprint density at radius 2 is 1.47 bits per heavy atom. The van der Waals surface area contributed by atoms with Crippen LogP contribution in [0.2, 0.25) is 0 Å². The molecule has 4 aromatic heterocycles. The van der Waals surface area contributed by atoms with E-state index < -0.39 is 84.1 Å². The third-order valence-corrected chi connectivity index (χ3v) is 23.3. The van der Waals surface area contributed by atoms with E-state index in [1.807, 2.05) is 68.8 Å². The Morgan fingerprint density at radius 3 is 2.18 bits per heavy atom. The number of esters is 1. The number of cyclic esters (lactones) is 1. The summed E-state index contributed by atoms with van der Waals surface area (Å²) in [5.41, 5.74) is 11.5. The summed E-state index contributed by atoms with van der Waals surface area (Å²) in [7, 11) is 4.66. The topological polar surface area (TPSA) is 412 Å². The quantitative estimate of drug-likeness (QED) is 0.00639. The molecule has 7 heterocycles. The van der Waals surface area contributed by atoms with Crippen LogP contribution in [0.1, 0.15) is 163 Å². The highest BCUT2D eigenvalue weighted by molar-refractivity contribution is 6.39. The van der Waals surface area contributed by atoms with Gasteiger partial charge in [-0.05, 0) is 144 Å². The first-order chi connectivity index (χ1) is 57.4. The molecule has 1 aromatic carbocycles. The van der Waals surface area contributed by atoms with E-state index in [1.54, 1.807) is 57.2 Å². The number of oxime groups is 1. The highest BCUT2D eigenvalue weighted by Gasteiger charge is 2.53. The third kappa shape index (κ3) is 28.4. The molecule has 1 aliphatic carbocycles. The largest absolute Gasteiger partial charge is 0.508 e. The Balaban J connectivity index is 0.684. The van der Waals surface area contributed by atoms with E-state index in [9.17, 15) is 44.7 Å². The molecule has 16 atom stereocenters. The van der Waals surface area contributed by atoms with Crippen LogP contribution in [0.15, 0.2) is 89.5 Å². The fourth-order valence-corrected chi connectivity index (χ4v) is 16.2. The van der Waals surface area contributed by atoms with E-state index in [0.717, 1.165) is 47.9 Å². The number of hydrogen-bond donors (Lipinski definition) is 7.